The van der Waals surface area contributed by atoms with Crippen molar-refractivity contribution in [2.24, 2.45) is 5.92 Å². The van der Waals surface area contributed by atoms with Gasteiger partial charge in [-0.05, 0) is 31.8 Å². The molecular weight excluding hydrogens is 275 g/mol. The molecule has 1 aromatic rings. The van der Waals surface area contributed by atoms with Crippen LogP contribution in [0.2, 0.25) is 0 Å². The number of likely N-dealkylation sites (tertiary alicyclic amines) is 1. The summed E-state index contributed by atoms with van der Waals surface area (Å²) in [7, 11) is 0. The first kappa shape index (κ1) is 14.8. The molecule has 1 N–H and O–H groups in total. The molecule has 0 atom stereocenters. The van der Waals surface area contributed by atoms with Crippen molar-refractivity contribution in [2.75, 3.05) is 26.2 Å². The average molecular weight is 291 g/mol. The lowest BCUT2D eigenvalue weighted by atomic mass is 9.97. The molecule has 112 valence electrons. The number of hydrogen-bond donors (Lipinski definition) is 1. The van der Waals surface area contributed by atoms with Gasteiger partial charge in [0, 0.05) is 12.6 Å². The Morgan fingerprint density at radius 1 is 1.45 bits per heavy atom. The molecule has 0 radical (unpaired) electrons. The van der Waals surface area contributed by atoms with E-state index in [2.05, 4.69) is 15.0 Å². The van der Waals surface area contributed by atoms with Gasteiger partial charge in [-0.2, -0.15) is 13.2 Å². The molecule has 5 nitrogen and oxygen atoms in total. The summed E-state index contributed by atoms with van der Waals surface area (Å²) in [5.41, 5.74) is 0.208. The zero-order valence-electron chi connectivity index (χ0n) is 10.8. The number of carbonyl (C=O) groups is 1. The van der Waals surface area contributed by atoms with Crippen molar-refractivity contribution < 1.29 is 22.5 Å². The minimum absolute atomic E-state index is 0.204. The van der Waals surface area contributed by atoms with Gasteiger partial charge in [0.15, 0.2) is 5.69 Å². The van der Waals surface area contributed by atoms with Crippen LogP contribution < -0.4 is 5.32 Å². The third-order valence-corrected chi connectivity index (χ3v) is 3.33. The number of piperidine rings is 1. The molecule has 0 spiro atoms. The predicted octanol–water partition coefficient (Wildman–Crippen LogP) is 1.68. The molecule has 2 heterocycles. The quantitative estimate of drug-likeness (QED) is 0.917. The number of rotatable bonds is 4. The van der Waals surface area contributed by atoms with E-state index in [1.807, 2.05) is 0 Å². The summed E-state index contributed by atoms with van der Waals surface area (Å²) in [6.45, 7) is 0.407. The van der Waals surface area contributed by atoms with Crippen LogP contribution in [0.1, 0.15) is 23.3 Å². The normalized spacial score (nSPS) is 18.1. The molecule has 1 aromatic heterocycles. The first-order valence-electron chi connectivity index (χ1n) is 6.42. The van der Waals surface area contributed by atoms with Crippen molar-refractivity contribution in [3.63, 3.8) is 0 Å². The van der Waals surface area contributed by atoms with E-state index in [0.29, 0.717) is 32.5 Å². The summed E-state index contributed by atoms with van der Waals surface area (Å²) < 4.78 is 41.3. The van der Waals surface area contributed by atoms with E-state index >= 15 is 0 Å². The Bertz CT molecular complexity index is 426. The van der Waals surface area contributed by atoms with E-state index in [1.165, 1.54) is 17.2 Å². The highest BCUT2D eigenvalue weighted by Crippen LogP contribution is 2.22. The van der Waals surface area contributed by atoms with Crippen LogP contribution in [0, 0.1) is 5.92 Å². The van der Waals surface area contributed by atoms with E-state index in [1.54, 1.807) is 0 Å². The van der Waals surface area contributed by atoms with Gasteiger partial charge in [0.05, 0.1) is 6.54 Å². The van der Waals surface area contributed by atoms with Crippen LogP contribution in [0.5, 0.6) is 0 Å². The summed E-state index contributed by atoms with van der Waals surface area (Å²) in [4.78, 5) is 13.0. The predicted molar refractivity (Wildman–Crippen MR) is 64.1 cm³/mol. The van der Waals surface area contributed by atoms with Gasteiger partial charge in [-0.3, -0.25) is 9.69 Å². The van der Waals surface area contributed by atoms with Crippen molar-refractivity contribution in [1.82, 2.24) is 15.4 Å². The molecule has 0 bridgehead atoms. The van der Waals surface area contributed by atoms with Gasteiger partial charge in [-0.15, -0.1) is 0 Å². The van der Waals surface area contributed by atoms with Crippen LogP contribution in [0.25, 0.3) is 0 Å². The number of alkyl halides is 3. The zero-order chi connectivity index (χ0) is 14.6. The molecule has 0 saturated carbocycles. The lowest BCUT2D eigenvalue weighted by Crippen LogP contribution is -2.42. The number of carbonyl (C=O) groups excluding carboxylic acids is 1. The molecule has 1 saturated heterocycles. The Morgan fingerprint density at radius 3 is 2.70 bits per heavy atom. The van der Waals surface area contributed by atoms with Crippen LogP contribution >= 0.6 is 0 Å². The number of nitrogens with zero attached hydrogens (tertiary/aromatic N) is 2. The van der Waals surface area contributed by atoms with Crippen molar-refractivity contribution >= 4 is 5.91 Å². The molecule has 0 unspecified atom stereocenters. The Labute approximate surface area is 114 Å². The fourth-order valence-electron chi connectivity index (χ4n) is 2.26. The van der Waals surface area contributed by atoms with Crippen LogP contribution in [0.4, 0.5) is 13.2 Å². The Hall–Kier alpha value is -1.57. The highest BCUT2D eigenvalue weighted by Gasteiger charge is 2.32. The van der Waals surface area contributed by atoms with Crippen molar-refractivity contribution in [1.29, 1.82) is 0 Å². The van der Waals surface area contributed by atoms with Gasteiger partial charge >= 0.3 is 6.18 Å². The number of halogens is 3. The summed E-state index contributed by atoms with van der Waals surface area (Å²) in [5, 5.41) is 6.23. The molecular formula is C12H16F3N3O2. The van der Waals surface area contributed by atoms with E-state index in [0.717, 1.165) is 0 Å². The highest BCUT2D eigenvalue weighted by molar-refractivity contribution is 5.91. The SMILES string of the molecule is O=C(NCC1CCN(CC(F)(F)F)CC1)c1ccon1. The lowest BCUT2D eigenvalue weighted by molar-refractivity contribution is -0.148. The molecule has 8 heteroatoms. The summed E-state index contributed by atoms with van der Waals surface area (Å²) >= 11 is 0. The molecule has 1 amide bonds. The van der Waals surface area contributed by atoms with Gasteiger partial charge in [-0.1, -0.05) is 5.16 Å². The largest absolute Gasteiger partial charge is 0.401 e. The maximum Gasteiger partial charge on any atom is 0.401 e. The van der Waals surface area contributed by atoms with Crippen LogP contribution in [-0.2, 0) is 0 Å². The zero-order valence-corrected chi connectivity index (χ0v) is 10.8. The second-order valence-corrected chi connectivity index (χ2v) is 4.93. The van der Waals surface area contributed by atoms with E-state index in [9.17, 15) is 18.0 Å². The molecule has 1 aliphatic heterocycles. The first-order valence-corrected chi connectivity index (χ1v) is 6.42. The third-order valence-electron chi connectivity index (χ3n) is 3.33. The topological polar surface area (TPSA) is 58.4 Å². The summed E-state index contributed by atoms with van der Waals surface area (Å²) in [5.74, 6) is -0.119. The summed E-state index contributed by atoms with van der Waals surface area (Å²) in [6.07, 6.45) is -1.54. The van der Waals surface area contributed by atoms with Crippen molar-refractivity contribution in [2.45, 2.75) is 19.0 Å². The minimum atomic E-state index is -4.14. The van der Waals surface area contributed by atoms with Crippen molar-refractivity contribution in [3.8, 4) is 0 Å². The first-order chi connectivity index (χ1) is 9.44. The van der Waals surface area contributed by atoms with Gasteiger partial charge < -0.3 is 9.84 Å². The number of hydrogen-bond acceptors (Lipinski definition) is 4. The van der Waals surface area contributed by atoms with E-state index in [4.69, 9.17) is 0 Å². The van der Waals surface area contributed by atoms with Crippen LogP contribution in [-0.4, -0.2) is 48.3 Å². The Balaban J connectivity index is 1.68. The van der Waals surface area contributed by atoms with Crippen molar-refractivity contribution in [3.05, 3.63) is 18.0 Å². The fourth-order valence-corrected chi connectivity index (χ4v) is 2.26. The van der Waals surface area contributed by atoms with Crippen LogP contribution in [0.15, 0.2) is 16.9 Å². The Kier molecular flexibility index (Phi) is 4.64. The highest BCUT2D eigenvalue weighted by atomic mass is 19.4. The molecule has 1 fully saturated rings. The molecule has 1 aliphatic rings. The average Bonchev–Trinajstić information content (AvgIpc) is 2.89. The second kappa shape index (κ2) is 6.25. The molecule has 0 aromatic carbocycles. The molecule has 2 rings (SSSR count). The monoisotopic (exact) mass is 291 g/mol. The Morgan fingerprint density at radius 2 is 2.15 bits per heavy atom. The van der Waals surface area contributed by atoms with Gasteiger partial charge in [0.25, 0.3) is 5.91 Å². The molecule has 0 aliphatic carbocycles. The second-order valence-electron chi connectivity index (χ2n) is 4.93. The van der Waals surface area contributed by atoms with E-state index < -0.39 is 12.7 Å². The lowest BCUT2D eigenvalue weighted by Gasteiger charge is -2.32. The van der Waals surface area contributed by atoms with E-state index in [-0.39, 0.29) is 17.5 Å². The number of nitrogens with one attached hydrogen (secondary N) is 1. The fraction of sp³-hybridized carbons (Fsp3) is 0.667. The minimum Gasteiger partial charge on any atom is -0.364 e. The molecule has 20 heavy (non-hydrogen) atoms. The number of aromatic nitrogens is 1. The maximum absolute atomic E-state index is 12.2. The third kappa shape index (κ3) is 4.52. The smallest absolute Gasteiger partial charge is 0.364 e. The maximum atomic E-state index is 12.2. The van der Waals surface area contributed by atoms with Crippen LogP contribution in [0.3, 0.4) is 0 Å². The standard InChI is InChI=1S/C12H16F3N3O2/c13-12(14,15)8-18-4-1-9(2-5-18)7-16-11(19)10-3-6-20-17-10/h3,6,9H,1-2,4-5,7-8H2,(H,16,19). The van der Waals surface area contributed by atoms with Gasteiger partial charge in [0.2, 0.25) is 0 Å². The summed E-state index contributed by atoms with van der Waals surface area (Å²) in [6, 6.07) is 1.46. The van der Waals surface area contributed by atoms with Gasteiger partial charge in [0.1, 0.15) is 6.26 Å². The van der Waals surface area contributed by atoms with Gasteiger partial charge in [-0.25, -0.2) is 0 Å². The number of amides is 1.